The van der Waals surface area contributed by atoms with E-state index in [1.807, 2.05) is 36.4 Å². The quantitative estimate of drug-likeness (QED) is 0.423. The number of carboxylic acid groups (broad SMARTS) is 1. The first-order valence-electron chi connectivity index (χ1n) is 11.5. The van der Waals surface area contributed by atoms with E-state index in [0.717, 1.165) is 28.6 Å². The topological polar surface area (TPSA) is 131 Å². The van der Waals surface area contributed by atoms with E-state index in [-0.39, 0.29) is 43.4 Å². The minimum atomic E-state index is -1.41. The molecule has 0 spiro atoms. The molecular weight excluding hydrogens is 450 g/mol. The van der Waals surface area contributed by atoms with E-state index >= 15 is 0 Å². The lowest BCUT2D eigenvalue weighted by atomic mass is 9.92. The number of carbonyl (C=O) groups is 3. The Hall–Kier alpha value is -4.14. The molecule has 1 aliphatic carbocycles. The number of aliphatic carboxylic acids is 1. The van der Waals surface area contributed by atoms with Crippen LogP contribution in [0, 0.1) is 0 Å². The van der Waals surface area contributed by atoms with Crippen LogP contribution < -0.4 is 10.6 Å². The van der Waals surface area contributed by atoms with Crippen LogP contribution in [0.15, 0.2) is 59.3 Å². The van der Waals surface area contributed by atoms with E-state index in [1.165, 1.54) is 0 Å². The molecule has 3 N–H and O–H groups in total. The van der Waals surface area contributed by atoms with Crippen molar-refractivity contribution in [3.05, 3.63) is 77.5 Å². The normalized spacial score (nSPS) is 12.5. The molecule has 0 radical (unpaired) electrons. The van der Waals surface area contributed by atoms with E-state index in [1.54, 1.807) is 13.8 Å². The second-order valence-corrected chi connectivity index (χ2v) is 8.35. The third-order valence-electron chi connectivity index (χ3n) is 6.56. The number of aromatic nitrogens is 1. The van der Waals surface area contributed by atoms with Gasteiger partial charge in [0.25, 0.3) is 5.91 Å². The molecule has 0 saturated carbocycles. The first-order valence-corrected chi connectivity index (χ1v) is 11.5. The molecule has 1 aliphatic rings. The van der Waals surface area contributed by atoms with Crippen LogP contribution in [0.3, 0.4) is 0 Å². The number of nitrogens with zero attached hydrogens (tertiary/aromatic N) is 1. The largest absolute Gasteiger partial charge is 0.480 e. The Morgan fingerprint density at radius 2 is 1.63 bits per heavy atom. The minimum absolute atomic E-state index is 0.0769. The van der Waals surface area contributed by atoms with Crippen LogP contribution in [0.4, 0.5) is 4.79 Å². The van der Waals surface area contributed by atoms with Gasteiger partial charge in [-0.2, -0.15) is 0 Å². The van der Waals surface area contributed by atoms with Crippen molar-refractivity contribution >= 4 is 18.0 Å². The number of rotatable bonds is 9. The molecule has 1 heterocycles. The summed E-state index contributed by atoms with van der Waals surface area (Å²) < 4.78 is 10.8. The maximum atomic E-state index is 12.7. The Labute approximate surface area is 202 Å². The summed E-state index contributed by atoms with van der Waals surface area (Å²) in [5, 5.41) is 14.7. The number of alkyl carbamates (subject to hydrolysis) is 1. The van der Waals surface area contributed by atoms with Gasteiger partial charge in [0, 0.05) is 5.92 Å². The third kappa shape index (κ3) is 4.62. The fourth-order valence-electron chi connectivity index (χ4n) is 4.44. The van der Waals surface area contributed by atoms with Crippen LogP contribution in [0.1, 0.15) is 60.0 Å². The molecule has 9 heteroatoms. The number of nitrogens with one attached hydrogen (secondary N) is 2. The van der Waals surface area contributed by atoms with E-state index in [0.29, 0.717) is 0 Å². The fourth-order valence-corrected chi connectivity index (χ4v) is 4.44. The standard InChI is InChI=1S/C26H27N3O6/c1-3-26(4-2,24(31)32)29-23(30)22-21(35-15-28-22)13-27-25(33)34-14-20-18-11-7-5-9-16(18)17-10-6-8-12-19(17)20/h5-12,15,20H,3-4,13-14H2,1-2H3,(H,27,33)(H,29,30)(H,31,32). The number of amides is 2. The lowest BCUT2D eigenvalue weighted by Crippen LogP contribution is -2.54. The van der Waals surface area contributed by atoms with Crippen molar-refractivity contribution in [2.75, 3.05) is 6.61 Å². The van der Waals surface area contributed by atoms with Crippen molar-refractivity contribution in [2.24, 2.45) is 0 Å². The Bertz CT molecular complexity index is 1200. The second-order valence-electron chi connectivity index (χ2n) is 8.35. The molecule has 2 amide bonds. The number of ether oxygens (including phenoxy) is 1. The number of carboxylic acids is 1. The summed E-state index contributed by atoms with van der Waals surface area (Å²) >= 11 is 0. The number of oxazole rings is 1. The smallest absolute Gasteiger partial charge is 0.407 e. The molecule has 182 valence electrons. The molecule has 2 aromatic carbocycles. The van der Waals surface area contributed by atoms with Gasteiger partial charge in [0.2, 0.25) is 0 Å². The highest BCUT2D eigenvalue weighted by Crippen LogP contribution is 2.44. The van der Waals surface area contributed by atoms with E-state index in [9.17, 15) is 19.5 Å². The van der Waals surface area contributed by atoms with Crippen LogP contribution in [-0.2, 0) is 16.1 Å². The summed E-state index contributed by atoms with van der Waals surface area (Å²) in [5.41, 5.74) is 2.97. The van der Waals surface area contributed by atoms with Gasteiger partial charge in [-0.25, -0.2) is 14.6 Å². The maximum absolute atomic E-state index is 12.7. The summed E-state index contributed by atoms with van der Waals surface area (Å²) in [4.78, 5) is 40.7. The first kappa shape index (κ1) is 24.0. The van der Waals surface area contributed by atoms with Crippen molar-refractivity contribution in [1.29, 1.82) is 0 Å². The Kier molecular flexibility index (Phi) is 6.86. The average molecular weight is 478 g/mol. The van der Waals surface area contributed by atoms with Gasteiger partial charge >= 0.3 is 12.1 Å². The summed E-state index contributed by atoms with van der Waals surface area (Å²) in [7, 11) is 0. The van der Waals surface area contributed by atoms with Gasteiger partial charge in [0.05, 0.1) is 6.54 Å². The van der Waals surface area contributed by atoms with Gasteiger partial charge in [-0.3, -0.25) is 4.79 Å². The predicted molar refractivity (Wildman–Crippen MR) is 127 cm³/mol. The molecule has 0 bridgehead atoms. The molecule has 0 fully saturated rings. The fraction of sp³-hybridized carbons (Fsp3) is 0.308. The zero-order valence-electron chi connectivity index (χ0n) is 19.5. The van der Waals surface area contributed by atoms with Crippen molar-refractivity contribution < 1.29 is 28.6 Å². The first-order chi connectivity index (χ1) is 16.9. The minimum Gasteiger partial charge on any atom is -0.480 e. The summed E-state index contributed by atoms with van der Waals surface area (Å²) in [6, 6.07) is 16.1. The van der Waals surface area contributed by atoms with Gasteiger partial charge in [-0.1, -0.05) is 62.4 Å². The number of hydrogen-bond donors (Lipinski definition) is 3. The van der Waals surface area contributed by atoms with E-state index in [4.69, 9.17) is 9.15 Å². The monoisotopic (exact) mass is 477 g/mol. The molecule has 0 unspecified atom stereocenters. The SMILES string of the molecule is CCC(CC)(NC(=O)c1ncoc1CNC(=O)OCC1c2ccccc2-c2ccccc21)C(=O)O. The van der Waals surface area contributed by atoms with Crippen LogP contribution in [0.25, 0.3) is 11.1 Å². The Morgan fingerprint density at radius 3 is 2.20 bits per heavy atom. The molecule has 3 aromatic rings. The van der Waals surface area contributed by atoms with Gasteiger partial charge in [-0.05, 0) is 35.1 Å². The average Bonchev–Trinajstić information content (AvgIpc) is 3.47. The van der Waals surface area contributed by atoms with Crippen molar-refractivity contribution in [3.8, 4) is 11.1 Å². The zero-order valence-corrected chi connectivity index (χ0v) is 19.5. The summed E-state index contributed by atoms with van der Waals surface area (Å²) in [5.74, 6) is -1.79. The van der Waals surface area contributed by atoms with Crippen molar-refractivity contribution in [1.82, 2.24) is 15.6 Å². The van der Waals surface area contributed by atoms with E-state index in [2.05, 4.69) is 27.8 Å². The van der Waals surface area contributed by atoms with Crippen LogP contribution in [0.2, 0.25) is 0 Å². The van der Waals surface area contributed by atoms with Gasteiger partial charge < -0.3 is 24.9 Å². The Balaban J connectivity index is 1.38. The molecule has 9 nitrogen and oxygen atoms in total. The predicted octanol–water partition coefficient (Wildman–Crippen LogP) is 4.09. The maximum Gasteiger partial charge on any atom is 0.407 e. The van der Waals surface area contributed by atoms with Gasteiger partial charge in [-0.15, -0.1) is 0 Å². The molecule has 0 saturated heterocycles. The zero-order chi connectivity index (χ0) is 25.0. The molecule has 0 aliphatic heterocycles. The molecular formula is C26H27N3O6. The second kappa shape index (κ2) is 10.0. The third-order valence-corrected chi connectivity index (χ3v) is 6.56. The number of benzene rings is 2. The molecule has 1 aromatic heterocycles. The highest BCUT2D eigenvalue weighted by atomic mass is 16.5. The van der Waals surface area contributed by atoms with Gasteiger partial charge in [0.1, 0.15) is 12.1 Å². The van der Waals surface area contributed by atoms with Crippen molar-refractivity contribution in [3.63, 3.8) is 0 Å². The summed E-state index contributed by atoms with van der Waals surface area (Å²) in [6.45, 7) is 3.37. The van der Waals surface area contributed by atoms with Crippen LogP contribution in [0.5, 0.6) is 0 Å². The number of hydrogen-bond acceptors (Lipinski definition) is 6. The Morgan fingerprint density at radius 1 is 1.03 bits per heavy atom. The summed E-state index contributed by atoms with van der Waals surface area (Å²) in [6.07, 6.45) is 0.812. The van der Waals surface area contributed by atoms with Gasteiger partial charge in [0.15, 0.2) is 17.8 Å². The van der Waals surface area contributed by atoms with Crippen molar-refractivity contribution in [2.45, 2.75) is 44.7 Å². The highest BCUT2D eigenvalue weighted by Gasteiger charge is 2.37. The lowest BCUT2D eigenvalue weighted by molar-refractivity contribution is -0.144. The number of carbonyl (C=O) groups excluding carboxylic acids is 2. The van der Waals surface area contributed by atoms with E-state index < -0.39 is 23.5 Å². The lowest BCUT2D eigenvalue weighted by Gasteiger charge is -2.27. The highest BCUT2D eigenvalue weighted by molar-refractivity contribution is 5.97. The van der Waals surface area contributed by atoms with Crippen LogP contribution in [-0.4, -0.2) is 40.2 Å². The molecule has 4 rings (SSSR count). The number of fused-ring (bicyclic) bond motifs is 3. The molecule has 35 heavy (non-hydrogen) atoms. The van der Waals surface area contributed by atoms with Crippen LogP contribution >= 0.6 is 0 Å². The molecule has 0 atom stereocenters.